The number of aryl methyl sites for hydroxylation is 2. The molecule has 0 spiro atoms. The molecule has 1 aromatic carbocycles. The fourth-order valence-electron chi connectivity index (χ4n) is 1.86. The molecular formula is C15H20ClN3S. The predicted molar refractivity (Wildman–Crippen MR) is 86.6 cm³/mol. The second-order valence-electron chi connectivity index (χ2n) is 4.82. The zero-order chi connectivity index (χ0) is 14.4. The molecule has 0 saturated heterocycles. The van der Waals surface area contributed by atoms with E-state index in [1.807, 2.05) is 25.1 Å². The quantitative estimate of drug-likeness (QED) is 0.783. The number of aromatic nitrogens is 2. The van der Waals surface area contributed by atoms with Gasteiger partial charge in [-0.3, -0.25) is 0 Å². The van der Waals surface area contributed by atoms with Crippen LogP contribution in [0, 0.1) is 6.92 Å². The lowest BCUT2D eigenvalue weighted by Crippen LogP contribution is -2.16. The van der Waals surface area contributed by atoms with Gasteiger partial charge in [-0.2, -0.15) is 0 Å². The van der Waals surface area contributed by atoms with Crippen LogP contribution in [0.1, 0.15) is 30.3 Å². The maximum absolute atomic E-state index is 6.15. The molecule has 20 heavy (non-hydrogen) atoms. The number of benzene rings is 1. The van der Waals surface area contributed by atoms with Crippen LogP contribution in [0.4, 0.5) is 0 Å². The summed E-state index contributed by atoms with van der Waals surface area (Å²) >= 11 is 7.81. The molecule has 2 rings (SSSR count). The third kappa shape index (κ3) is 4.27. The van der Waals surface area contributed by atoms with Crippen molar-refractivity contribution in [3.8, 4) is 10.6 Å². The van der Waals surface area contributed by atoms with E-state index < -0.39 is 0 Å². The lowest BCUT2D eigenvalue weighted by Gasteiger charge is -2.00. The molecule has 5 heteroatoms. The minimum Gasteiger partial charge on any atom is -0.317 e. The number of hydrogen-bond acceptors (Lipinski definition) is 4. The zero-order valence-corrected chi connectivity index (χ0v) is 13.5. The van der Waals surface area contributed by atoms with E-state index in [9.17, 15) is 0 Å². The average Bonchev–Trinajstić information content (AvgIpc) is 2.90. The molecule has 0 amide bonds. The molecule has 1 aromatic heterocycles. The Morgan fingerprint density at radius 2 is 2.10 bits per heavy atom. The van der Waals surface area contributed by atoms with Crippen molar-refractivity contribution in [3.05, 3.63) is 33.8 Å². The summed E-state index contributed by atoms with van der Waals surface area (Å²) in [6.07, 6.45) is 3.26. The molecule has 0 aliphatic rings. The highest BCUT2D eigenvalue weighted by atomic mass is 35.5. The second kappa shape index (κ2) is 7.72. The van der Waals surface area contributed by atoms with Gasteiger partial charge in [0.05, 0.1) is 0 Å². The third-order valence-corrected chi connectivity index (χ3v) is 4.50. The van der Waals surface area contributed by atoms with Crippen molar-refractivity contribution in [1.82, 2.24) is 15.5 Å². The van der Waals surface area contributed by atoms with E-state index in [-0.39, 0.29) is 0 Å². The minimum absolute atomic E-state index is 0.781. The lowest BCUT2D eigenvalue weighted by molar-refractivity contribution is 0.637. The fraction of sp³-hybridized carbons (Fsp3) is 0.467. The van der Waals surface area contributed by atoms with Gasteiger partial charge < -0.3 is 5.32 Å². The van der Waals surface area contributed by atoms with Crippen molar-refractivity contribution in [2.24, 2.45) is 0 Å². The monoisotopic (exact) mass is 309 g/mol. The Balaban J connectivity index is 1.93. The molecule has 108 valence electrons. The number of halogens is 1. The van der Waals surface area contributed by atoms with Crippen LogP contribution in [0.2, 0.25) is 5.02 Å². The van der Waals surface area contributed by atoms with Gasteiger partial charge in [-0.25, -0.2) is 0 Å². The van der Waals surface area contributed by atoms with Gasteiger partial charge in [-0.15, -0.1) is 10.2 Å². The molecule has 0 unspecified atom stereocenters. The van der Waals surface area contributed by atoms with Crippen molar-refractivity contribution in [3.63, 3.8) is 0 Å². The van der Waals surface area contributed by atoms with Crippen molar-refractivity contribution in [1.29, 1.82) is 0 Å². The van der Waals surface area contributed by atoms with Gasteiger partial charge in [0.15, 0.2) is 0 Å². The Bertz CT molecular complexity index is 554. The Kier molecular flexibility index (Phi) is 5.95. The molecule has 0 saturated carbocycles. The summed E-state index contributed by atoms with van der Waals surface area (Å²) in [5.41, 5.74) is 2.13. The minimum atomic E-state index is 0.781. The van der Waals surface area contributed by atoms with Crippen molar-refractivity contribution < 1.29 is 0 Å². The Hall–Kier alpha value is -0.970. The maximum atomic E-state index is 6.15. The molecule has 0 radical (unpaired) electrons. The van der Waals surface area contributed by atoms with E-state index in [4.69, 9.17) is 11.6 Å². The molecule has 0 aliphatic carbocycles. The van der Waals surface area contributed by atoms with Crippen molar-refractivity contribution in [2.75, 3.05) is 13.1 Å². The van der Waals surface area contributed by atoms with Gasteiger partial charge in [0.2, 0.25) is 0 Å². The van der Waals surface area contributed by atoms with Crippen LogP contribution >= 0.6 is 22.9 Å². The van der Waals surface area contributed by atoms with Crippen LogP contribution in [-0.2, 0) is 6.42 Å². The van der Waals surface area contributed by atoms with E-state index in [1.165, 1.54) is 6.42 Å². The van der Waals surface area contributed by atoms with Crippen LogP contribution in [-0.4, -0.2) is 23.3 Å². The molecule has 1 heterocycles. The van der Waals surface area contributed by atoms with Crippen LogP contribution in [0.15, 0.2) is 18.2 Å². The number of rotatable bonds is 7. The molecule has 0 bridgehead atoms. The van der Waals surface area contributed by atoms with Crippen LogP contribution in [0.3, 0.4) is 0 Å². The first kappa shape index (κ1) is 15.4. The van der Waals surface area contributed by atoms with E-state index >= 15 is 0 Å². The highest BCUT2D eigenvalue weighted by molar-refractivity contribution is 7.14. The topological polar surface area (TPSA) is 37.8 Å². The van der Waals surface area contributed by atoms with Crippen LogP contribution < -0.4 is 5.32 Å². The van der Waals surface area contributed by atoms with E-state index in [2.05, 4.69) is 22.4 Å². The number of nitrogens with zero attached hydrogens (tertiary/aromatic N) is 2. The fourth-order valence-corrected chi connectivity index (χ4v) is 2.92. The van der Waals surface area contributed by atoms with Gasteiger partial charge >= 0.3 is 0 Å². The molecule has 0 aliphatic heterocycles. The smallest absolute Gasteiger partial charge is 0.147 e. The molecule has 2 aromatic rings. The summed E-state index contributed by atoms with van der Waals surface area (Å²) in [5, 5.41) is 14.7. The van der Waals surface area contributed by atoms with Crippen LogP contribution in [0.25, 0.3) is 10.6 Å². The second-order valence-corrected chi connectivity index (χ2v) is 6.29. The van der Waals surface area contributed by atoms with Gasteiger partial charge in [0, 0.05) is 17.0 Å². The van der Waals surface area contributed by atoms with Crippen molar-refractivity contribution in [2.45, 2.75) is 33.1 Å². The molecule has 3 nitrogen and oxygen atoms in total. The van der Waals surface area contributed by atoms with E-state index in [0.29, 0.717) is 0 Å². The summed E-state index contributed by atoms with van der Waals surface area (Å²) in [6.45, 7) is 6.31. The standard InChI is InChI=1S/C15H20ClN3S/c1-3-8-17-9-4-5-14-18-19-15(20-14)12-7-6-11(2)13(16)10-12/h6-7,10,17H,3-5,8-9H2,1-2H3. The number of hydrogen-bond donors (Lipinski definition) is 1. The highest BCUT2D eigenvalue weighted by Gasteiger charge is 2.07. The lowest BCUT2D eigenvalue weighted by atomic mass is 10.2. The largest absolute Gasteiger partial charge is 0.317 e. The summed E-state index contributed by atoms with van der Waals surface area (Å²) in [6, 6.07) is 6.03. The van der Waals surface area contributed by atoms with Gasteiger partial charge in [-0.05, 0) is 44.5 Å². The first-order chi connectivity index (χ1) is 9.70. The first-order valence-corrected chi connectivity index (χ1v) is 8.19. The maximum Gasteiger partial charge on any atom is 0.147 e. The van der Waals surface area contributed by atoms with E-state index in [0.717, 1.165) is 52.1 Å². The van der Waals surface area contributed by atoms with Gasteiger partial charge in [0.25, 0.3) is 0 Å². The van der Waals surface area contributed by atoms with Gasteiger partial charge in [0.1, 0.15) is 10.0 Å². The molecule has 0 fully saturated rings. The summed E-state index contributed by atoms with van der Waals surface area (Å²) in [4.78, 5) is 0. The molecule has 0 atom stereocenters. The Labute approximate surface area is 129 Å². The normalized spacial score (nSPS) is 10.9. The number of nitrogens with one attached hydrogen (secondary N) is 1. The SMILES string of the molecule is CCCNCCCc1nnc(-c2ccc(C)c(Cl)c2)s1. The van der Waals surface area contributed by atoms with E-state index in [1.54, 1.807) is 11.3 Å². The third-order valence-electron chi connectivity index (χ3n) is 3.06. The zero-order valence-electron chi connectivity index (χ0n) is 11.9. The van der Waals surface area contributed by atoms with Crippen molar-refractivity contribution >= 4 is 22.9 Å². The Morgan fingerprint density at radius 3 is 2.85 bits per heavy atom. The van der Waals surface area contributed by atoms with Gasteiger partial charge in [-0.1, -0.05) is 42.0 Å². The average molecular weight is 310 g/mol. The summed E-state index contributed by atoms with van der Waals surface area (Å²) in [5.74, 6) is 0. The highest BCUT2D eigenvalue weighted by Crippen LogP contribution is 2.27. The predicted octanol–water partition coefficient (Wildman–Crippen LogP) is 4.10. The molecule has 1 N–H and O–H groups in total. The Morgan fingerprint density at radius 1 is 1.25 bits per heavy atom. The first-order valence-electron chi connectivity index (χ1n) is 7.00. The molecular weight excluding hydrogens is 290 g/mol. The van der Waals surface area contributed by atoms with Crippen LogP contribution in [0.5, 0.6) is 0 Å². The summed E-state index contributed by atoms with van der Waals surface area (Å²) in [7, 11) is 0. The summed E-state index contributed by atoms with van der Waals surface area (Å²) < 4.78 is 0.